The number of likely N-dealkylation sites (tertiary alicyclic amines) is 1. The summed E-state index contributed by atoms with van der Waals surface area (Å²) in [5.74, 6) is 0.0333. The second kappa shape index (κ2) is 8.49. The number of aromatic nitrogens is 2. The Balaban J connectivity index is 0.00000225. The number of anilines is 1. The number of thiazole rings is 1. The summed E-state index contributed by atoms with van der Waals surface area (Å²) in [7, 11) is 0. The maximum atomic E-state index is 13.3. The van der Waals surface area contributed by atoms with Crippen LogP contribution in [0.25, 0.3) is 0 Å². The number of hydrogen-bond donors (Lipinski definition) is 1. The number of halogens is 1. The highest BCUT2D eigenvalue weighted by Crippen LogP contribution is 2.26. The molecule has 2 aromatic heterocycles. The zero-order chi connectivity index (χ0) is 17.1. The molecule has 7 heteroatoms. The lowest BCUT2D eigenvalue weighted by Crippen LogP contribution is -2.20. The van der Waals surface area contributed by atoms with Crippen LogP contribution >= 0.6 is 11.3 Å². The zero-order valence-corrected chi connectivity index (χ0v) is 14.7. The molecule has 1 aliphatic rings. The van der Waals surface area contributed by atoms with Gasteiger partial charge >= 0.3 is 0 Å². The summed E-state index contributed by atoms with van der Waals surface area (Å²) in [5, 5.41) is 3.36. The maximum Gasteiger partial charge on any atom is 0.223 e. The molecule has 0 radical (unpaired) electrons. The molecule has 136 valence electrons. The van der Waals surface area contributed by atoms with Gasteiger partial charge in [-0.1, -0.05) is 7.43 Å². The topological polar surface area (TPSA) is 58.1 Å². The molecule has 1 aliphatic heterocycles. The number of carbonyl (C=O) groups is 1. The zero-order valence-electron chi connectivity index (χ0n) is 13.9. The van der Waals surface area contributed by atoms with Gasteiger partial charge in [-0.2, -0.15) is 4.39 Å². The highest BCUT2D eigenvalue weighted by molar-refractivity contribution is 7.15. The van der Waals surface area contributed by atoms with Crippen LogP contribution in [0.2, 0.25) is 0 Å². The molecule has 1 fully saturated rings. The third kappa shape index (κ3) is 5.31. The molecule has 3 heterocycles. The van der Waals surface area contributed by atoms with Gasteiger partial charge in [0.25, 0.3) is 0 Å². The van der Waals surface area contributed by atoms with Crippen LogP contribution < -0.4 is 5.32 Å². The van der Waals surface area contributed by atoms with E-state index in [0.717, 1.165) is 48.5 Å². The van der Waals surface area contributed by atoms with E-state index in [2.05, 4.69) is 20.2 Å². The second-order valence-electron chi connectivity index (χ2n) is 6.34. The van der Waals surface area contributed by atoms with Crippen molar-refractivity contribution in [1.29, 1.82) is 0 Å². The first-order chi connectivity index (χ1) is 11.5. The molecule has 3 rings (SSSR count). The fourth-order valence-electron chi connectivity index (χ4n) is 3.10. The minimum Gasteiger partial charge on any atom is -0.302 e. The molecule has 0 aliphatic carbocycles. The number of nitrogens with one attached hydrogen (secondary N) is 1. The first-order valence-electron chi connectivity index (χ1n) is 8.05. The normalized spacial score (nSPS) is 17.3. The molecule has 1 atom stereocenters. The van der Waals surface area contributed by atoms with E-state index >= 15 is 0 Å². The summed E-state index contributed by atoms with van der Waals surface area (Å²) in [6, 6.07) is 1.56. The van der Waals surface area contributed by atoms with Crippen LogP contribution in [0.4, 0.5) is 9.52 Å². The van der Waals surface area contributed by atoms with Crippen LogP contribution in [0, 0.1) is 18.8 Å². The van der Waals surface area contributed by atoms with Gasteiger partial charge in [0.2, 0.25) is 11.9 Å². The Hall–Kier alpha value is -1.86. The van der Waals surface area contributed by atoms with Gasteiger partial charge in [0, 0.05) is 37.3 Å². The van der Waals surface area contributed by atoms with Crippen molar-refractivity contribution >= 4 is 22.4 Å². The Morgan fingerprint density at radius 1 is 1.44 bits per heavy atom. The Morgan fingerprint density at radius 3 is 3.00 bits per heavy atom. The van der Waals surface area contributed by atoms with E-state index in [1.54, 1.807) is 12.3 Å². The van der Waals surface area contributed by atoms with Crippen molar-refractivity contribution in [3.05, 3.63) is 40.4 Å². The first-order valence-corrected chi connectivity index (χ1v) is 8.87. The molecule has 5 nitrogen and oxygen atoms in total. The molecule has 0 bridgehead atoms. The fraction of sp³-hybridized carbons (Fsp3) is 0.500. The third-order valence-corrected chi connectivity index (χ3v) is 5.17. The monoisotopic (exact) mass is 364 g/mol. The first kappa shape index (κ1) is 19.5. The minimum atomic E-state index is -0.402. The molecule has 0 aromatic carbocycles. The Morgan fingerprint density at radius 2 is 2.24 bits per heavy atom. The second-order valence-corrected chi connectivity index (χ2v) is 7.46. The quantitative estimate of drug-likeness (QED) is 0.823. The molecule has 1 amide bonds. The van der Waals surface area contributed by atoms with E-state index in [9.17, 15) is 9.18 Å². The van der Waals surface area contributed by atoms with E-state index in [-0.39, 0.29) is 13.3 Å². The number of amides is 1. The van der Waals surface area contributed by atoms with Gasteiger partial charge in [-0.15, -0.1) is 11.3 Å². The van der Waals surface area contributed by atoms with Crippen LogP contribution in [0.3, 0.4) is 0 Å². The van der Waals surface area contributed by atoms with Crippen molar-refractivity contribution in [3.8, 4) is 0 Å². The molecule has 25 heavy (non-hydrogen) atoms. The molecule has 0 spiro atoms. The van der Waals surface area contributed by atoms with Gasteiger partial charge in [0.15, 0.2) is 5.13 Å². The van der Waals surface area contributed by atoms with Crippen molar-refractivity contribution in [2.45, 2.75) is 40.7 Å². The molecule has 2 aromatic rings. The molecule has 1 unspecified atom stereocenters. The Bertz CT molecular complexity index is 734. The lowest BCUT2D eigenvalue weighted by Gasteiger charge is -2.15. The summed E-state index contributed by atoms with van der Waals surface area (Å²) in [6.07, 6.45) is 5.44. The standard InChI is InChI=1S/C17H21FN4OS.CH4/c1-11-7-19-16(18)6-14(11)5-13-3-4-22(9-13)10-15-8-20-17(24-15)21-12(2)23;/h6-8,13H,3-5,9-10H2,1-2H3,(H,20,21,23);1H4. The van der Waals surface area contributed by atoms with Crippen molar-refractivity contribution in [3.63, 3.8) is 0 Å². The number of aryl methyl sites for hydroxylation is 1. The van der Waals surface area contributed by atoms with E-state index in [4.69, 9.17) is 0 Å². The molecule has 1 N–H and O–H groups in total. The predicted molar refractivity (Wildman–Crippen MR) is 99.2 cm³/mol. The average Bonchev–Trinajstić information content (AvgIpc) is 3.13. The SMILES string of the molecule is C.CC(=O)Nc1ncc(CN2CCC(Cc3cc(F)ncc3C)C2)s1. The Kier molecular flexibility index (Phi) is 6.61. The number of rotatable bonds is 5. The van der Waals surface area contributed by atoms with Gasteiger partial charge in [-0.3, -0.25) is 9.69 Å². The Labute approximate surface area is 152 Å². The van der Waals surface area contributed by atoms with E-state index in [1.165, 1.54) is 18.3 Å². The van der Waals surface area contributed by atoms with E-state index in [1.807, 2.05) is 13.1 Å². The van der Waals surface area contributed by atoms with Gasteiger partial charge < -0.3 is 5.32 Å². The largest absolute Gasteiger partial charge is 0.302 e. The minimum absolute atomic E-state index is 0. The highest BCUT2D eigenvalue weighted by Gasteiger charge is 2.24. The summed E-state index contributed by atoms with van der Waals surface area (Å²) < 4.78 is 13.3. The smallest absolute Gasteiger partial charge is 0.223 e. The van der Waals surface area contributed by atoms with Gasteiger partial charge in [0.1, 0.15) is 0 Å². The number of nitrogens with zero attached hydrogens (tertiary/aromatic N) is 3. The summed E-state index contributed by atoms with van der Waals surface area (Å²) in [4.78, 5) is 22.5. The molecular formula is C18H25FN4OS. The predicted octanol–water partition coefficient (Wildman–Crippen LogP) is 3.64. The van der Waals surface area contributed by atoms with Crippen LogP contribution in [0.1, 0.15) is 36.8 Å². The number of carbonyl (C=O) groups excluding carboxylic acids is 1. The van der Waals surface area contributed by atoms with Crippen molar-refractivity contribution in [2.24, 2.45) is 5.92 Å². The molecule has 1 saturated heterocycles. The third-order valence-electron chi connectivity index (χ3n) is 4.28. The van der Waals surface area contributed by atoms with E-state index < -0.39 is 5.95 Å². The summed E-state index contributed by atoms with van der Waals surface area (Å²) >= 11 is 1.52. The van der Waals surface area contributed by atoms with Crippen molar-refractivity contribution < 1.29 is 9.18 Å². The number of hydrogen-bond acceptors (Lipinski definition) is 5. The lowest BCUT2D eigenvalue weighted by atomic mass is 9.97. The van der Waals surface area contributed by atoms with Crippen LogP contribution in [-0.2, 0) is 17.8 Å². The van der Waals surface area contributed by atoms with Crippen molar-refractivity contribution in [2.75, 3.05) is 18.4 Å². The summed E-state index contributed by atoms with van der Waals surface area (Å²) in [5.41, 5.74) is 2.11. The van der Waals surface area contributed by atoms with Crippen LogP contribution in [-0.4, -0.2) is 33.9 Å². The maximum absolute atomic E-state index is 13.3. The summed E-state index contributed by atoms with van der Waals surface area (Å²) in [6.45, 7) is 6.34. The number of pyridine rings is 1. The van der Waals surface area contributed by atoms with Gasteiger partial charge in [0.05, 0.1) is 0 Å². The fourth-order valence-corrected chi connectivity index (χ4v) is 4.00. The molecular weight excluding hydrogens is 339 g/mol. The highest BCUT2D eigenvalue weighted by atomic mass is 32.1. The average molecular weight is 364 g/mol. The van der Waals surface area contributed by atoms with Gasteiger partial charge in [-0.25, -0.2) is 9.97 Å². The lowest BCUT2D eigenvalue weighted by molar-refractivity contribution is -0.114. The van der Waals surface area contributed by atoms with Crippen LogP contribution in [0.5, 0.6) is 0 Å². The van der Waals surface area contributed by atoms with E-state index in [0.29, 0.717) is 11.0 Å². The van der Waals surface area contributed by atoms with Crippen molar-refractivity contribution in [1.82, 2.24) is 14.9 Å². The molecule has 0 saturated carbocycles. The van der Waals surface area contributed by atoms with Gasteiger partial charge in [-0.05, 0) is 49.4 Å². The van der Waals surface area contributed by atoms with Crippen LogP contribution in [0.15, 0.2) is 18.5 Å².